The summed E-state index contributed by atoms with van der Waals surface area (Å²) in [6, 6.07) is 7.77. The molecule has 15 heavy (non-hydrogen) atoms. The maximum atomic E-state index is 12.6. The molecule has 1 radical (unpaired) electrons. The van der Waals surface area contributed by atoms with Crippen LogP contribution >= 0.6 is 0 Å². The molecule has 0 N–H and O–H groups in total. The molecule has 0 fully saturated rings. The van der Waals surface area contributed by atoms with Gasteiger partial charge in [0.15, 0.2) is 6.67 Å². The number of halogens is 1. The Morgan fingerprint density at radius 2 is 2.20 bits per heavy atom. The van der Waals surface area contributed by atoms with Gasteiger partial charge in [0.1, 0.15) is 0 Å². The number of hydrogen-bond acceptors (Lipinski definition) is 1. The second-order valence-electron chi connectivity index (χ2n) is 3.40. The molecule has 0 aliphatic heterocycles. The van der Waals surface area contributed by atoms with Crippen LogP contribution in [0.3, 0.4) is 0 Å². The highest BCUT2D eigenvalue weighted by Gasteiger charge is 2.07. The summed E-state index contributed by atoms with van der Waals surface area (Å²) in [5, 5.41) is 0.941. The van der Waals surface area contributed by atoms with E-state index in [0.29, 0.717) is 18.8 Å². The highest BCUT2D eigenvalue weighted by atomic mass is 19.1. The van der Waals surface area contributed by atoms with Crippen LogP contribution in [0.15, 0.2) is 30.5 Å². The molecule has 1 aromatic carbocycles. The first-order valence-corrected chi connectivity index (χ1v) is 4.87. The third kappa shape index (κ3) is 1.88. The SMILES string of the molecule is COCCn1cc([CH]F)c2ccccc21. The number of ether oxygens (including phenoxy) is 1. The molecular formula is C12H13FNO. The van der Waals surface area contributed by atoms with Gasteiger partial charge in [-0.05, 0) is 6.07 Å². The molecule has 79 valence electrons. The Balaban J connectivity index is 2.45. The van der Waals surface area contributed by atoms with E-state index >= 15 is 0 Å². The van der Waals surface area contributed by atoms with E-state index in [1.54, 1.807) is 7.11 Å². The van der Waals surface area contributed by atoms with Crippen LogP contribution in [-0.2, 0) is 11.3 Å². The first kappa shape index (κ1) is 10.2. The molecule has 1 heterocycles. The quantitative estimate of drug-likeness (QED) is 0.750. The average molecular weight is 206 g/mol. The largest absolute Gasteiger partial charge is 0.383 e. The molecule has 3 heteroatoms. The summed E-state index contributed by atoms with van der Waals surface area (Å²) in [7, 11) is 1.66. The summed E-state index contributed by atoms with van der Waals surface area (Å²) in [5.74, 6) is 0. The second-order valence-corrected chi connectivity index (χ2v) is 3.40. The normalized spacial score (nSPS) is 11.1. The molecule has 0 atom stereocenters. The van der Waals surface area contributed by atoms with Gasteiger partial charge in [-0.2, -0.15) is 0 Å². The summed E-state index contributed by atoms with van der Waals surface area (Å²) < 4.78 is 19.6. The van der Waals surface area contributed by atoms with E-state index < -0.39 is 0 Å². The molecule has 2 aromatic rings. The molecule has 0 aliphatic rings. The van der Waals surface area contributed by atoms with Gasteiger partial charge in [0.25, 0.3) is 0 Å². The molecular weight excluding hydrogens is 193 g/mol. The number of methoxy groups -OCH3 is 1. The maximum absolute atomic E-state index is 12.6. The number of rotatable bonds is 4. The number of hydrogen-bond donors (Lipinski definition) is 0. The van der Waals surface area contributed by atoms with Gasteiger partial charge in [-0.1, -0.05) is 18.2 Å². The Morgan fingerprint density at radius 3 is 2.93 bits per heavy atom. The van der Waals surface area contributed by atoms with Crippen molar-refractivity contribution in [2.45, 2.75) is 6.54 Å². The third-order valence-electron chi connectivity index (χ3n) is 2.47. The zero-order valence-electron chi connectivity index (χ0n) is 8.61. The van der Waals surface area contributed by atoms with Crippen LogP contribution in [0.25, 0.3) is 10.9 Å². The molecule has 1 aromatic heterocycles. The van der Waals surface area contributed by atoms with Crippen molar-refractivity contribution in [3.05, 3.63) is 42.7 Å². The van der Waals surface area contributed by atoms with Gasteiger partial charge in [0.05, 0.1) is 6.61 Å². The molecule has 2 nitrogen and oxygen atoms in total. The van der Waals surface area contributed by atoms with Crippen molar-refractivity contribution >= 4 is 10.9 Å². The van der Waals surface area contributed by atoms with Gasteiger partial charge in [-0.15, -0.1) is 0 Å². The monoisotopic (exact) mass is 206 g/mol. The summed E-state index contributed by atoms with van der Waals surface area (Å²) >= 11 is 0. The molecule has 0 aliphatic carbocycles. The second kappa shape index (κ2) is 4.45. The third-order valence-corrected chi connectivity index (χ3v) is 2.47. The first-order chi connectivity index (χ1) is 7.36. The Labute approximate surface area is 88.3 Å². The molecule has 0 bridgehead atoms. The minimum atomic E-state index is 0.627. The van der Waals surface area contributed by atoms with Crippen molar-refractivity contribution in [1.82, 2.24) is 4.57 Å². The fourth-order valence-electron chi connectivity index (χ4n) is 1.74. The highest BCUT2D eigenvalue weighted by Crippen LogP contribution is 2.22. The molecule has 0 saturated heterocycles. The van der Waals surface area contributed by atoms with Crippen molar-refractivity contribution in [2.24, 2.45) is 0 Å². The lowest BCUT2D eigenvalue weighted by Gasteiger charge is -2.03. The molecule has 0 spiro atoms. The van der Waals surface area contributed by atoms with Crippen LogP contribution in [0.5, 0.6) is 0 Å². The topological polar surface area (TPSA) is 14.2 Å². The van der Waals surface area contributed by atoms with E-state index in [1.807, 2.05) is 35.0 Å². The average Bonchev–Trinajstić information content (AvgIpc) is 2.65. The molecule has 0 saturated carbocycles. The zero-order chi connectivity index (χ0) is 10.7. The number of aromatic nitrogens is 1. The molecule has 0 unspecified atom stereocenters. The zero-order valence-corrected chi connectivity index (χ0v) is 8.61. The van der Waals surface area contributed by atoms with Crippen LogP contribution in [-0.4, -0.2) is 18.3 Å². The fourth-order valence-corrected chi connectivity index (χ4v) is 1.74. The predicted octanol–water partition coefficient (Wildman–Crippen LogP) is 2.77. The standard InChI is InChI=1S/C12H13FNO/c1-15-7-6-14-9-10(8-13)11-4-2-3-5-12(11)14/h2-5,8-9H,6-7H2,1H3. The minimum Gasteiger partial charge on any atom is -0.383 e. The summed E-state index contributed by atoms with van der Waals surface area (Å²) in [6.07, 6.45) is 1.81. The fraction of sp³-hybridized carbons (Fsp3) is 0.250. The van der Waals surface area contributed by atoms with E-state index in [1.165, 1.54) is 0 Å². The summed E-state index contributed by atoms with van der Waals surface area (Å²) in [4.78, 5) is 0. The lowest BCUT2D eigenvalue weighted by molar-refractivity contribution is 0.188. The van der Waals surface area contributed by atoms with Gasteiger partial charge < -0.3 is 9.30 Å². The number of nitrogens with zero attached hydrogens (tertiary/aromatic N) is 1. The van der Waals surface area contributed by atoms with E-state index in [0.717, 1.165) is 17.4 Å². The van der Waals surface area contributed by atoms with Crippen LogP contribution < -0.4 is 0 Å². The van der Waals surface area contributed by atoms with Gasteiger partial charge >= 0.3 is 0 Å². The Morgan fingerprint density at radius 1 is 1.40 bits per heavy atom. The lowest BCUT2D eigenvalue weighted by Crippen LogP contribution is -2.02. The molecule has 2 rings (SSSR count). The van der Waals surface area contributed by atoms with Crippen molar-refractivity contribution < 1.29 is 9.13 Å². The number of benzene rings is 1. The van der Waals surface area contributed by atoms with Crippen molar-refractivity contribution in [3.63, 3.8) is 0 Å². The predicted molar refractivity (Wildman–Crippen MR) is 58.3 cm³/mol. The van der Waals surface area contributed by atoms with E-state index in [2.05, 4.69) is 0 Å². The smallest absolute Gasteiger partial charge is 0.163 e. The number of para-hydroxylation sites is 1. The van der Waals surface area contributed by atoms with Gasteiger partial charge in [0, 0.05) is 36.3 Å². The van der Waals surface area contributed by atoms with Crippen LogP contribution in [0.2, 0.25) is 0 Å². The Bertz CT molecular complexity index is 450. The summed E-state index contributed by atoms with van der Waals surface area (Å²) in [5.41, 5.74) is 1.67. The Kier molecular flexibility index (Phi) is 3.02. The molecule has 0 amide bonds. The maximum Gasteiger partial charge on any atom is 0.163 e. The van der Waals surface area contributed by atoms with E-state index in [-0.39, 0.29) is 0 Å². The van der Waals surface area contributed by atoms with E-state index in [9.17, 15) is 4.39 Å². The van der Waals surface area contributed by atoms with Crippen molar-refractivity contribution in [3.8, 4) is 0 Å². The van der Waals surface area contributed by atoms with E-state index in [4.69, 9.17) is 4.74 Å². The summed E-state index contributed by atoms with van der Waals surface area (Å²) in [6.45, 7) is 2.01. The van der Waals surface area contributed by atoms with Crippen LogP contribution in [0.1, 0.15) is 5.56 Å². The number of fused-ring (bicyclic) bond motifs is 1. The van der Waals surface area contributed by atoms with Crippen molar-refractivity contribution in [1.29, 1.82) is 0 Å². The van der Waals surface area contributed by atoms with Gasteiger partial charge in [0.2, 0.25) is 0 Å². The van der Waals surface area contributed by atoms with Gasteiger partial charge in [-0.3, -0.25) is 0 Å². The van der Waals surface area contributed by atoms with Crippen molar-refractivity contribution in [2.75, 3.05) is 13.7 Å². The first-order valence-electron chi connectivity index (χ1n) is 4.87. The Hall–Kier alpha value is -1.35. The van der Waals surface area contributed by atoms with Gasteiger partial charge in [-0.25, -0.2) is 4.39 Å². The minimum absolute atomic E-state index is 0.627. The van der Waals surface area contributed by atoms with Crippen LogP contribution in [0, 0.1) is 6.67 Å². The highest BCUT2D eigenvalue weighted by molar-refractivity contribution is 5.84. The van der Waals surface area contributed by atoms with Crippen LogP contribution in [0.4, 0.5) is 4.39 Å². The lowest BCUT2D eigenvalue weighted by atomic mass is 10.2.